The Kier molecular flexibility index (Phi) is 4.70. The fourth-order valence-electron chi connectivity index (χ4n) is 1.98. The van der Waals surface area contributed by atoms with Gasteiger partial charge in [-0.25, -0.2) is 0 Å². The van der Waals surface area contributed by atoms with Gasteiger partial charge in [0.15, 0.2) is 0 Å². The van der Waals surface area contributed by atoms with Gasteiger partial charge in [0.25, 0.3) is 0 Å². The monoisotopic (exact) mass is 234 g/mol. The van der Waals surface area contributed by atoms with Gasteiger partial charge in [0.2, 0.25) is 5.91 Å². The van der Waals surface area contributed by atoms with Crippen molar-refractivity contribution in [3.8, 4) is 0 Å². The van der Waals surface area contributed by atoms with E-state index in [2.05, 4.69) is 37.4 Å². The summed E-state index contributed by atoms with van der Waals surface area (Å²) in [5.74, 6) is 0.00692. The van der Waals surface area contributed by atoms with Crippen molar-refractivity contribution < 1.29 is 4.79 Å². The number of nitrogens with two attached hydrogens (primary N) is 1. The van der Waals surface area contributed by atoms with Crippen LogP contribution in [0.1, 0.15) is 43.0 Å². The molecule has 0 aromatic heterocycles. The second-order valence-electron chi connectivity index (χ2n) is 4.83. The predicted molar refractivity (Wildman–Crippen MR) is 70.7 cm³/mol. The molecule has 0 aliphatic rings. The van der Waals surface area contributed by atoms with E-state index in [1.54, 1.807) is 0 Å². The normalized spacial score (nSPS) is 14.2. The maximum Gasteiger partial charge on any atom is 0.222 e. The van der Waals surface area contributed by atoms with Crippen molar-refractivity contribution in [1.82, 2.24) is 5.32 Å². The lowest BCUT2D eigenvalue weighted by Gasteiger charge is -2.17. The number of hydrogen-bond donors (Lipinski definition) is 2. The Bertz CT molecular complexity index is 399. The van der Waals surface area contributed by atoms with Crippen molar-refractivity contribution in [3.63, 3.8) is 0 Å². The highest BCUT2D eigenvalue weighted by atomic mass is 16.1. The van der Waals surface area contributed by atoms with Crippen LogP contribution >= 0.6 is 0 Å². The maximum atomic E-state index is 11.6. The van der Waals surface area contributed by atoms with Gasteiger partial charge in [-0.2, -0.15) is 0 Å². The van der Waals surface area contributed by atoms with E-state index in [0.717, 1.165) is 5.56 Å². The van der Waals surface area contributed by atoms with Gasteiger partial charge in [0.1, 0.15) is 0 Å². The van der Waals surface area contributed by atoms with Crippen LogP contribution in [0.4, 0.5) is 0 Å². The maximum absolute atomic E-state index is 11.6. The van der Waals surface area contributed by atoms with Crippen molar-refractivity contribution >= 4 is 5.91 Å². The summed E-state index contributed by atoms with van der Waals surface area (Å²) in [6, 6.07) is 6.20. The number of rotatable bonds is 4. The van der Waals surface area contributed by atoms with E-state index >= 15 is 0 Å². The molecule has 0 bridgehead atoms. The minimum Gasteiger partial charge on any atom is -0.350 e. The minimum absolute atomic E-state index is 0.00692. The summed E-state index contributed by atoms with van der Waals surface area (Å²) in [6.07, 6.45) is 0.370. The molecule has 2 unspecified atom stereocenters. The Morgan fingerprint density at radius 1 is 1.35 bits per heavy atom. The Labute approximate surface area is 103 Å². The van der Waals surface area contributed by atoms with Gasteiger partial charge in [0.05, 0.1) is 6.04 Å². The molecular weight excluding hydrogens is 212 g/mol. The third-order valence-electron chi connectivity index (χ3n) is 2.78. The van der Waals surface area contributed by atoms with Crippen LogP contribution in [-0.4, -0.2) is 11.9 Å². The SMILES string of the molecule is Cc1ccc(C(C)NC(=O)CC(C)N)c(C)c1. The Morgan fingerprint density at radius 3 is 2.53 bits per heavy atom. The highest BCUT2D eigenvalue weighted by Gasteiger charge is 2.12. The molecule has 1 amide bonds. The molecule has 1 rings (SSSR count). The van der Waals surface area contributed by atoms with Crippen LogP contribution in [0.5, 0.6) is 0 Å². The smallest absolute Gasteiger partial charge is 0.222 e. The third kappa shape index (κ3) is 4.19. The zero-order valence-electron chi connectivity index (χ0n) is 11.1. The van der Waals surface area contributed by atoms with Gasteiger partial charge in [0, 0.05) is 12.5 Å². The number of nitrogens with one attached hydrogen (secondary N) is 1. The molecule has 0 saturated heterocycles. The summed E-state index contributed by atoms with van der Waals surface area (Å²) in [5.41, 5.74) is 9.20. The van der Waals surface area contributed by atoms with E-state index in [-0.39, 0.29) is 18.0 Å². The zero-order chi connectivity index (χ0) is 13.0. The number of aryl methyl sites for hydroxylation is 2. The van der Waals surface area contributed by atoms with Crippen LogP contribution in [0.15, 0.2) is 18.2 Å². The van der Waals surface area contributed by atoms with Crippen LogP contribution < -0.4 is 11.1 Å². The molecule has 0 heterocycles. The molecule has 1 aromatic rings. The number of carbonyl (C=O) groups is 1. The van der Waals surface area contributed by atoms with Crippen LogP contribution in [-0.2, 0) is 4.79 Å². The molecule has 0 spiro atoms. The second kappa shape index (κ2) is 5.82. The number of carbonyl (C=O) groups excluding carboxylic acids is 1. The molecule has 0 aliphatic carbocycles. The fraction of sp³-hybridized carbons (Fsp3) is 0.500. The Hall–Kier alpha value is -1.35. The predicted octanol–water partition coefficient (Wildman–Crippen LogP) is 2.22. The third-order valence-corrected chi connectivity index (χ3v) is 2.78. The quantitative estimate of drug-likeness (QED) is 0.839. The van der Waals surface area contributed by atoms with E-state index in [4.69, 9.17) is 5.73 Å². The molecule has 3 N–H and O–H groups in total. The fourth-order valence-corrected chi connectivity index (χ4v) is 1.98. The summed E-state index contributed by atoms with van der Waals surface area (Å²) in [4.78, 5) is 11.6. The number of benzene rings is 1. The molecule has 17 heavy (non-hydrogen) atoms. The molecular formula is C14H22N2O. The van der Waals surface area contributed by atoms with E-state index in [1.807, 2.05) is 13.8 Å². The molecule has 1 aromatic carbocycles. The largest absolute Gasteiger partial charge is 0.350 e. The van der Waals surface area contributed by atoms with Gasteiger partial charge in [-0.1, -0.05) is 23.8 Å². The average molecular weight is 234 g/mol. The van der Waals surface area contributed by atoms with Crippen molar-refractivity contribution in [3.05, 3.63) is 34.9 Å². The first-order valence-electron chi connectivity index (χ1n) is 6.02. The highest BCUT2D eigenvalue weighted by molar-refractivity contribution is 5.77. The summed E-state index contributed by atoms with van der Waals surface area (Å²) in [7, 11) is 0. The minimum atomic E-state index is -0.0960. The van der Waals surface area contributed by atoms with E-state index in [0.29, 0.717) is 6.42 Å². The molecule has 2 atom stereocenters. The lowest BCUT2D eigenvalue weighted by atomic mass is 10.00. The van der Waals surface area contributed by atoms with E-state index in [9.17, 15) is 4.79 Å². The first kappa shape index (κ1) is 13.7. The first-order chi connectivity index (χ1) is 7.90. The number of hydrogen-bond acceptors (Lipinski definition) is 2. The number of amides is 1. The highest BCUT2D eigenvalue weighted by Crippen LogP contribution is 2.18. The van der Waals surface area contributed by atoms with Gasteiger partial charge in [-0.05, 0) is 38.8 Å². The molecule has 3 heteroatoms. The summed E-state index contributed by atoms with van der Waals surface area (Å²) in [6.45, 7) is 7.96. The average Bonchev–Trinajstić information content (AvgIpc) is 2.15. The lowest BCUT2D eigenvalue weighted by molar-refractivity contribution is -0.122. The van der Waals surface area contributed by atoms with Crippen LogP contribution in [0.25, 0.3) is 0 Å². The topological polar surface area (TPSA) is 55.1 Å². The van der Waals surface area contributed by atoms with Gasteiger partial charge in [-0.3, -0.25) is 4.79 Å². The van der Waals surface area contributed by atoms with Crippen LogP contribution in [0, 0.1) is 13.8 Å². The standard InChI is InChI=1S/C14H22N2O/c1-9-5-6-13(10(2)7-9)12(4)16-14(17)8-11(3)15/h5-7,11-12H,8,15H2,1-4H3,(H,16,17). The van der Waals surface area contributed by atoms with Crippen LogP contribution in [0.2, 0.25) is 0 Å². The van der Waals surface area contributed by atoms with Crippen LogP contribution in [0.3, 0.4) is 0 Å². The molecule has 0 fully saturated rings. The first-order valence-corrected chi connectivity index (χ1v) is 6.02. The van der Waals surface area contributed by atoms with Gasteiger partial charge in [-0.15, -0.1) is 0 Å². The molecule has 94 valence electrons. The lowest BCUT2D eigenvalue weighted by Crippen LogP contribution is -2.32. The summed E-state index contributed by atoms with van der Waals surface area (Å²) >= 11 is 0. The van der Waals surface area contributed by atoms with Crippen molar-refractivity contribution in [2.45, 2.75) is 46.2 Å². The summed E-state index contributed by atoms with van der Waals surface area (Å²) < 4.78 is 0. The Balaban J connectivity index is 2.69. The molecule has 3 nitrogen and oxygen atoms in total. The van der Waals surface area contributed by atoms with Crippen molar-refractivity contribution in [2.75, 3.05) is 0 Å². The second-order valence-corrected chi connectivity index (χ2v) is 4.83. The van der Waals surface area contributed by atoms with E-state index < -0.39 is 0 Å². The summed E-state index contributed by atoms with van der Waals surface area (Å²) in [5, 5.41) is 2.97. The zero-order valence-corrected chi connectivity index (χ0v) is 11.1. The Morgan fingerprint density at radius 2 is 2.00 bits per heavy atom. The van der Waals surface area contributed by atoms with E-state index in [1.165, 1.54) is 11.1 Å². The molecule has 0 radical (unpaired) electrons. The van der Waals surface area contributed by atoms with Gasteiger partial charge < -0.3 is 11.1 Å². The van der Waals surface area contributed by atoms with Gasteiger partial charge >= 0.3 is 0 Å². The van der Waals surface area contributed by atoms with Crippen molar-refractivity contribution in [1.29, 1.82) is 0 Å². The molecule has 0 aliphatic heterocycles. The molecule has 0 saturated carbocycles. The van der Waals surface area contributed by atoms with Crippen molar-refractivity contribution in [2.24, 2.45) is 5.73 Å².